The predicted molar refractivity (Wildman–Crippen MR) is 114 cm³/mol. The first-order valence-corrected chi connectivity index (χ1v) is 11.7. The highest BCUT2D eigenvalue weighted by Gasteiger charge is 2.69. The van der Waals surface area contributed by atoms with Gasteiger partial charge in [0.2, 0.25) is 5.78 Å². The number of carbonyl (C=O) groups excluding carboxylic acids is 4. The van der Waals surface area contributed by atoms with Crippen LogP contribution in [0.15, 0.2) is 11.6 Å². The molecule has 0 bridgehead atoms. The van der Waals surface area contributed by atoms with E-state index in [0.29, 0.717) is 25.7 Å². The third-order valence-electron chi connectivity index (χ3n) is 9.21. The van der Waals surface area contributed by atoms with E-state index in [2.05, 4.69) is 6.92 Å². The zero-order chi connectivity index (χ0) is 23.5. The van der Waals surface area contributed by atoms with E-state index in [1.165, 1.54) is 13.8 Å². The topological polar surface area (TPSA) is 107 Å². The van der Waals surface area contributed by atoms with E-state index in [0.717, 1.165) is 24.8 Å². The summed E-state index contributed by atoms with van der Waals surface area (Å²) in [4.78, 5) is 48.5. The standard InChI is InChI=1S/C25H34O7/c1-14(26)31-13-21(29)25(30)10-8-19-18-6-5-16-11-17(28)7-9-23(16,3)22(18)20(32-15(2)27)12-24(19,25)4/h11,18-20,22,30H,5-10,12-13H2,1-4H3/t18-,19+,20+,22-,23-,24-,25-/m0/s1. The first-order valence-electron chi connectivity index (χ1n) is 11.7. The van der Waals surface area contributed by atoms with Crippen molar-refractivity contribution in [3.05, 3.63) is 11.6 Å². The number of ether oxygens (including phenoxy) is 2. The van der Waals surface area contributed by atoms with Gasteiger partial charge in [-0.2, -0.15) is 0 Å². The Bertz CT molecular complexity index is 891. The number of Topliss-reactive ketones (excluding diaryl/α,β-unsaturated/α-hetero) is 1. The van der Waals surface area contributed by atoms with Crippen LogP contribution in [0.2, 0.25) is 0 Å². The van der Waals surface area contributed by atoms with E-state index in [-0.39, 0.29) is 34.9 Å². The average Bonchev–Trinajstić information content (AvgIpc) is 2.97. The van der Waals surface area contributed by atoms with Crippen LogP contribution >= 0.6 is 0 Å². The second-order valence-corrected chi connectivity index (χ2v) is 10.8. The quantitative estimate of drug-likeness (QED) is 0.662. The van der Waals surface area contributed by atoms with Gasteiger partial charge >= 0.3 is 11.9 Å². The summed E-state index contributed by atoms with van der Waals surface area (Å²) in [5.41, 5.74) is -1.50. The lowest BCUT2D eigenvalue weighted by Gasteiger charge is -2.60. The van der Waals surface area contributed by atoms with Gasteiger partial charge in [-0.05, 0) is 61.9 Å². The molecule has 0 aromatic heterocycles. The zero-order valence-corrected chi connectivity index (χ0v) is 19.4. The van der Waals surface area contributed by atoms with Crippen molar-refractivity contribution in [1.82, 2.24) is 0 Å². The van der Waals surface area contributed by atoms with Gasteiger partial charge < -0.3 is 14.6 Å². The lowest BCUT2D eigenvalue weighted by atomic mass is 9.45. The molecule has 1 N–H and O–H groups in total. The van der Waals surface area contributed by atoms with E-state index in [4.69, 9.17) is 9.47 Å². The second kappa shape index (κ2) is 7.79. The first-order chi connectivity index (χ1) is 14.9. The van der Waals surface area contributed by atoms with Gasteiger partial charge in [0.15, 0.2) is 12.4 Å². The number of carbonyl (C=O) groups is 4. The van der Waals surface area contributed by atoms with Gasteiger partial charge in [0.1, 0.15) is 11.7 Å². The molecule has 176 valence electrons. The first kappa shape index (κ1) is 23.1. The molecular formula is C25H34O7. The zero-order valence-electron chi connectivity index (χ0n) is 19.4. The number of allylic oxidation sites excluding steroid dienone is 1. The van der Waals surface area contributed by atoms with Crippen molar-refractivity contribution in [1.29, 1.82) is 0 Å². The van der Waals surface area contributed by atoms with Crippen LogP contribution in [-0.4, -0.2) is 46.9 Å². The molecule has 7 nitrogen and oxygen atoms in total. The summed E-state index contributed by atoms with van der Waals surface area (Å²) in [6, 6.07) is 0. The lowest BCUT2D eigenvalue weighted by Crippen LogP contribution is -2.62. The predicted octanol–water partition coefficient (Wildman–Crippen LogP) is 2.92. The fraction of sp³-hybridized carbons (Fsp3) is 0.760. The van der Waals surface area contributed by atoms with Crippen LogP contribution in [-0.2, 0) is 28.7 Å². The summed E-state index contributed by atoms with van der Waals surface area (Å²) in [6.45, 7) is 6.30. The molecular weight excluding hydrogens is 412 g/mol. The van der Waals surface area contributed by atoms with Crippen LogP contribution in [0, 0.1) is 28.6 Å². The number of aliphatic hydroxyl groups is 1. The Labute approximate surface area is 188 Å². The number of esters is 2. The van der Waals surface area contributed by atoms with Crippen molar-refractivity contribution < 1.29 is 33.8 Å². The molecule has 4 rings (SSSR count). The molecule has 0 spiro atoms. The van der Waals surface area contributed by atoms with Crippen LogP contribution in [0.1, 0.15) is 72.6 Å². The van der Waals surface area contributed by atoms with E-state index < -0.39 is 35.5 Å². The Morgan fingerprint density at radius 3 is 2.47 bits per heavy atom. The van der Waals surface area contributed by atoms with Crippen LogP contribution in [0.3, 0.4) is 0 Å². The maximum atomic E-state index is 13.1. The summed E-state index contributed by atoms with van der Waals surface area (Å²) in [5, 5.41) is 11.7. The Kier molecular flexibility index (Phi) is 5.63. The molecule has 7 heteroatoms. The summed E-state index contributed by atoms with van der Waals surface area (Å²) in [7, 11) is 0. The number of hydrogen-bond donors (Lipinski definition) is 1. The fourth-order valence-electron chi connectivity index (χ4n) is 7.72. The van der Waals surface area contributed by atoms with Gasteiger partial charge in [0, 0.05) is 31.6 Å². The molecule has 0 heterocycles. The summed E-state index contributed by atoms with van der Waals surface area (Å²) < 4.78 is 10.8. The molecule has 3 fully saturated rings. The summed E-state index contributed by atoms with van der Waals surface area (Å²) in [6.07, 6.45) is 5.59. The molecule has 0 aromatic carbocycles. The minimum atomic E-state index is -1.63. The van der Waals surface area contributed by atoms with Crippen molar-refractivity contribution >= 4 is 23.5 Å². The van der Waals surface area contributed by atoms with Crippen molar-refractivity contribution in [2.75, 3.05) is 6.61 Å². The van der Waals surface area contributed by atoms with Crippen molar-refractivity contribution in [3.8, 4) is 0 Å². The molecule has 0 saturated heterocycles. The van der Waals surface area contributed by atoms with E-state index in [1.54, 1.807) is 6.08 Å². The monoisotopic (exact) mass is 446 g/mol. The normalized spacial score (nSPS) is 42.8. The van der Waals surface area contributed by atoms with Gasteiger partial charge in [-0.15, -0.1) is 0 Å². The summed E-state index contributed by atoms with van der Waals surface area (Å²) in [5.74, 6) is -0.964. The van der Waals surface area contributed by atoms with Gasteiger partial charge in [-0.1, -0.05) is 19.4 Å². The minimum Gasteiger partial charge on any atom is -0.462 e. The summed E-state index contributed by atoms with van der Waals surface area (Å²) >= 11 is 0. The highest BCUT2D eigenvalue weighted by molar-refractivity contribution is 5.92. The maximum absolute atomic E-state index is 13.1. The molecule has 0 aromatic rings. The number of fused-ring (bicyclic) bond motifs is 5. The molecule has 0 amide bonds. The minimum absolute atomic E-state index is 0.0449. The van der Waals surface area contributed by atoms with Crippen LogP contribution in [0.5, 0.6) is 0 Å². The lowest BCUT2D eigenvalue weighted by molar-refractivity contribution is -0.196. The molecule has 0 unspecified atom stereocenters. The molecule has 7 atom stereocenters. The van der Waals surface area contributed by atoms with Crippen molar-refractivity contribution in [2.45, 2.75) is 84.3 Å². The van der Waals surface area contributed by atoms with E-state index in [1.807, 2.05) is 6.92 Å². The van der Waals surface area contributed by atoms with Crippen molar-refractivity contribution in [2.24, 2.45) is 28.6 Å². The van der Waals surface area contributed by atoms with E-state index in [9.17, 15) is 24.3 Å². The number of rotatable bonds is 4. The smallest absolute Gasteiger partial charge is 0.303 e. The van der Waals surface area contributed by atoms with Gasteiger partial charge in [-0.25, -0.2) is 0 Å². The third-order valence-corrected chi connectivity index (χ3v) is 9.21. The SMILES string of the molecule is CC(=O)OCC(=O)[C@@]1(O)CC[C@@H]2[C@@H]3CCC4=CC(=O)CC[C@]4(C)[C@@H]3[C@H](OC(C)=O)C[C@@]21C. The highest BCUT2D eigenvalue weighted by Crippen LogP contribution is 2.68. The molecule has 3 saturated carbocycles. The Morgan fingerprint density at radius 2 is 1.81 bits per heavy atom. The van der Waals surface area contributed by atoms with Gasteiger partial charge in [0.05, 0.1) is 0 Å². The van der Waals surface area contributed by atoms with Gasteiger partial charge in [0.25, 0.3) is 0 Å². The maximum Gasteiger partial charge on any atom is 0.303 e. The highest BCUT2D eigenvalue weighted by atomic mass is 16.5. The Balaban J connectivity index is 1.73. The van der Waals surface area contributed by atoms with Crippen molar-refractivity contribution in [3.63, 3.8) is 0 Å². The Hall–Kier alpha value is -2.02. The molecule has 0 aliphatic heterocycles. The van der Waals surface area contributed by atoms with E-state index >= 15 is 0 Å². The molecule has 4 aliphatic rings. The molecule has 32 heavy (non-hydrogen) atoms. The fourth-order valence-corrected chi connectivity index (χ4v) is 7.72. The van der Waals surface area contributed by atoms with Crippen LogP contribution in [0.25, 0.3) is 0 Å². The average molecular weight is 447 g/mol. The third kappa shape index (κ3) is 3.35. The molecule has 0 radical (unpaired) electrons. The number of ketones is 2. The number of hydrogen-bond acceptors (Lipinski definition) is 7. The van der Waals surface area contributed by atoms with Gasteiger partial charge in [-0.3, -0.25) is 19.2 Å². The largest absolute Gasteiger partial charge is 0.462 e. The van der Waals surface area contributed by atoms with Crippen LogP contribution < -0.4 is 0 Å². The molecule has 4 aliphatic carbocycles. The van der Waals surface area contributed by atoms with Crippen LogP contribution in [0.4, 0.5) is 0 Å². The Morgan fingerprint density at radius 1 is 1.09 bits per heavy atom. The second-order valence-electron chi connectivity index (χ2n) is 10.8.